The largest absolute Gasteiger partial charge is 0.490 e. The predicted molar refractivity (Wildman–Crippen MR) is 117 cm³/mol. The molecule has 0 amide bonds. The lowest BCUT2D eigenvalue weighted by Crippen LogP contribution is -2.24. The molecule has 0 aliphatic heterocycles. The SMILES string of the molecule is CCOc1cc(CNC(C)CC)cc(Cl)c1OCc1ccc(Cl)cc1Cl.Cl. The van der Waals surface area contributed by atoms with Crippen molar-refractivity contribution in [1.82, 2.24) is 5.32 Å². The second-order valence-electron chi connectivity index (χ2n) is 6.05. The van der Waals surface area contributed by atoms with Gasteiger partial charge in [-0.15, -0.1) is 12.4 Å². The minimum absolute atomic E-state index is 0. The lowest BCUT2D eigenvalue weighted by atomic mass is 10.1. The minimum Gasteiger partial charge on any atom is -0.490 e. The van der Waals surface area contributed by atoms with Gasteiger partial charge in [0.15, 0.2) is 11.5 Å². The van der Waals surface area contributed by atoms with E-state index in [-0.39, 0.29) is 19.0 Å². The van der Waals surface area contributed by atoms with Gasteiger partial charge in [-0.2, -0.15) is 0 Å². The van der Waals surface area contributed by atoms with Crippen LogP contribution in [-0.4, -0.2) is 12.6 Å². The molecule has 1 unspecified atom stereocenters. The van der Waals surface area contributed by atoms with E-state index >= 15 is 0 Å². The maximum absolute atomic E-state index is 6.46. The highest BCUT2D eigenvalue weighted by atomic mass is 35.5. The summed E-state index contributed by atoms with van der Waals surface area (Å²) in [6.07, 6.45) is 1.06. The molecule has 0 fully saturated rings. The van der Waals surface area contributed by atoms with Crippen LogP contribution in [-0.2, 0) is 13.2 Å². The molecular formula is C20H25Cl4NO2. The molecule has 0 saturated heterocycles. The molecule has 2 aromatic rings. The fourth-order valence-electron chi connectivity index (χ4n) is 2.35. The van der Waals surface area contributed by atoms with Gasteiger partial charge in [0.1, 0.15) is 6.61 Å². The lowest BCUT2D eigenvalue weighted by molar-refractivity contribution is 0.269. The van der Waals surface area contributed by atoms with Crippen LogP contribution in [0.25, 0.3) is 0 Å². The Morgan fingerprint density at radius 3 is 2.37 bits per heavy atom. The molecule has 0 aliphatic carbocycles. The van der Waals surface area contributed by atoms with E-state index in [2.05, 4.69) is 19.2 Å². The van der Waals surface area contributed by atoms with Gasteiger partial charge in [-0.1, -0.05) is 47.8 Å². The normalized spacial score (nSPS) is 11.6. The highest BCUT2D eigenvalue weighted by Crippen LogP contribution is 2.37. The molecule has 2 aromatic carbocycles. The summed E-state index contributed by atoms with van der Waals surface area (Å²) in [6.45, 7) is 7.75. The van der Waals surface area contributed by atoms with E-state index in [0.29, 0.717) is 39.2 Å². The molecule has 0 aliphatic rings. The zero-order chi connectivity index (χ0) is 19.1. The van der Waals surface area contributed by atoms with Gasteiger partial charge in [-0.25, -0.2) is 0 Å². The summed E-state index contributed by atoms with van der Waals surface area (Å²) in [5.41, 5.74) is 1.88. The fourth-order valence-corrected chi connectivity index (χ4v) is 3.10. The summed E-state index contributed by atoms with van der Waals surface area (Å²) in [4.78, 5) is 0. The molecule has 0 radical (unpaired) electrons. The second kappa shape index (κ2) is 11.9. The molecular weight excluding hydrogens is 428 g/mol. The van der Waals surface area contributed by atoms with E-state index in [4.69, 9.17) is 44.3 Å². The third kappa shape index (κ3) is 7.24. The second-order valence-corrected chi connectivity index (χ2v) is 7.30. The van der Waals surface area contributed by atoms with Crippen molar-refractivity contribution < 1.29 is 9.47 Å². The molecule has 0 bridgehead atoms. The Balaban J connectivity index is 0.00000364. The lowest BCUT2D eigenvalue weighted by Gasteiger charge is -2.17. The Morgan fingerprint density at radius 1 is 1.00 bits per heavy atom. The van der Waals surface area contributed by atoms with Gasteiger partial charge in [0.05, 0.1) is 11.6 Å². The highest BCUT2D eigenvalue weighted by Gasteiger charge is 2.14. The van der Waals surface area contributed by atoms with E-state index in [1.165, 1.54) is 0 Å². The summed E-state index contributed by atoms with van der Waals surface area (Å²) in [5, 5.41) is 5.11. The van der Waals surface area contributed by atoms with Crippen molar-refractivity contribution in [2.24, 2.45) is 0 Å². The maximum Gasteiger partial charge on any atom is 0.180 e. The molecule has 0 aromatic heterocycles. The molecule has 1 N–H and O–H groups in total. The topological polar surface area (TPSA) is 30.5 Å². The quantitative estimate of drug-likeness (QED) is 0.447. The molecule has 3 nitrogen and oxygen atoms in total. The Morgan fingerprint density at radius 2 is 1.74 bits per heavy atom. The maximum atomic E-state index is 6.46. The van der Waals surface area contributed by atoms with Gasteiger partial charge >= 0.3 is 0 Å². The standard InChI is InChI=1S/C20H24Cl3NO2.ClH/c1-4-13(3)24-11-14-8-18(23)20(19(9-14)25-5-2)26-12-15-6-7-16(21)10-17(15)22;/h6-10,13,24H,4-5,11-12H2,1-3H3;1H. The average molecular weight is 453 g/mol. The van der Waals surface area contributed by atoms with Crippen molar-refractivity contribution in [3.8, 4) is 11.5 Å². The number of hydrogen-bond donors (Lipinski definition) is 1. The Labute approximate surface area is 182 Å². The third-order valence-corrected chi connectivity index (χ3v) is 4.89. The van der Waals surface area contributed by atoms with Gasteiger partial charge < -0.3 is 14.8 Å². The predicted octanol–water partition coefficient (Wildman–Crippen LogP) is 6.93. The van der Waals surface area contributed by atoms with Crippen LogP contribution >= 0.6 is 47.2 Å². The molecule has 1 atom stereocenters. The summed E-state index contributed by atoms with van der Waals surface area (Å²) < 4.78 is 11.7. The average Bonchev–Trinajstić information content (AvgIpc) is 2.60. The van der Waals surface area contributed by atoms with Crippen LogP contribution in [0.3, 0.4) is 0 Å². The van der Waals surface area contributed by atoms with Crippen LogP contribution in [0.15, 0.2) is 30.3 Å². The van der Waals surface area contributed by atoms with Crippen LogP contribution in [0.2, 0.25) is 15.1 Å². The van der Waals surface area contributed by atoms with Gasteiger partial charge in [0, 0.05) is 28.2 Å². The Bertz CT molecular complexity index is 740. The van der Waals surface area contributed by atoms with Crippen LogP contribution in [0, 0.1) is 0 Å². The first-order chi connectivity index (χ1) is 12.4. The van der Waals surface area contributed by atoms with Crippen molar-refractivity contribution in [1.29, 1.82) is 0 Å². The Hall–Kier alpha value is -0.840. The zero-order valence-electron chi connectivity index (χ0n) is 15.7. The number of hydrogen-bond acceptors (Lipinski definition) is 3. The monoisotopic (exact) mass is 451 g/mol. The van der Waals surface area contributed by atoms with Crippen molar-refractivity contribution in [3.63, 3.8) is 0 Å². The number of nitrogens with one attached hydrogen (secondary N) is 1. The minimum atomic E-state index is 0. The van der Waals surface area contributed by atoms with Gasteiger partial charge in [-0.05, 0) is 50.1 Å². The van der Waals surface area contributed by atoms with Crippen LogP contribution in [0.4, 0.5) is 0 Å². The molecule has 27 heavy (non-hydrogen) atoms. The summed E-state index contributed by atoms with van der Waals surface area (Å²) >= 11 is 18.6. The first kappa shape index (κ1) is 24.2. The van der Waals surface area contributed by atoms with Crippen molar-refractivity contribution >= 4 is 47.2 Å². The van der Waals surface area contributed by atoms with Crippen molar-refractivity contribution in [3.05, 3.63) is 56.5 Å². The molecule has 0 heterocycles. The van der Waals surface area contributed by atoms with E-state index in [1.54, 1.807) is 12.1 Å². The smallest absolute Gasteiger partial charge is 0.180 e. The summed E-state index contributed by atoms with van der Waals surface area (Å²) in [6, 6.07) is 9.61. The molecule has 7 heteroatoms. The molecule has 0 saturated carbocycles. The van der Waals surface area contributed by atoms with Gasteiger partial charge in [0.2, 0.25) is 0 Å². The summed E-state index contributed by atoms with van der Waals surface area (Å²) in [5.74, 6) is 1.15. The van der Waals surface area contributed by atoms with Crippen molar-refractivity contribution in [2.45, 2.75) is 46.4 Å². The number of ether oxygens (including phenoxy) is 2. The Kier molecular flexibility index (Phi) is 10.6. The fraction of sp³-hybridized carbons (Fsp3) is 0.400. The molecule has 2 rings (SSSR count). The van der Waals surface area contributed by atoms with Crippen molar-refractivity contribution in [2.75, 3.05) is 6.61 Å². The van der Waals surface area contributed by atoms with E-state index in [0.717, 1.165) is 24.1 Å². The summed E-state index contributed by atoms with van der Waals surface area (Å²) in [7, 11) is 0. The number of rotatable bonds is 9. The van der Waals surface area contributed by atoms with Crippen LogP contribution < -0.4 is 14.8 Å². The van der Waals surface area contributed by atoms with Gasteiger partial charge in [-0.3, -0.25) is 0 Å². The van der Waals surface area contributed by atoms with E-state index in [9.17, 15) is 0 Å². The first-order valence-electron chi connectivity index (χ1n) is 8.69. The highest BCUT2D eigenvalue weighted by molar-refractivity contribution is 6.35. The first-order valence-corrected chi connectivity index (χ1v) is 9.83. The van der Waals surface area contributed by atoms with E-state index < -0.39 is 0 Å². The van der Waals surface area contributed by atoms with Gasteiger partial charge in [0.25, 0.3) is 0 Å². The van der Waals surface area contributed by atoms with E-state index in [1.807, 2.05) is 25.1 Å². The van der Waals surface area contributed by atoms with Crippen LogP contribution in [0.5, 0.6) is 11.5 Å². The van der Waals surface area contributed by atoms with Crippen LogP contribution in [0.1, 0.15) is 38.3 Å². The number of benzene rings is 2. The molecule has 150 valence electrons. The third-order valence-electron chi connectivity index (χ3n) is 4.02. The molecule has 0 spiro atoms. The number of halogens is 4. The zero-order valence-corrected chi connectivity index (χ0v) is 18.7.